The van der Waals surface area contributed by atoms with Gasteiger partial charge in [-0.15, -0.1) is 0 Å². The zero-order valence-corrected chi connectivity index (χ0v) is 11.1. The van der Waals surface area contributed by atoms with Crippen LogP contribution in [-0.4, -0.2) is 61.0 Å². The summed E-state index contributed by atoms with van der Waals surface area (Å²) in [6, 6.07) is 0. The van der Waals surface area contributed by atoms with Crippen molar-refractivity contribution >= 4 is 11.8 Å². The molecule has 0 aromatic rings. The van der Waals surface area contributed by atoms with Gasteiger partial charge in [0.2, 0.25) is 11.8 Å². The molecule has 0 aliphatic carbocycles. The lowest BCUT2D eigenvalue weighted by molar-refractivity contribution is -0.139. The average molecular weight is 254 g/mol. The van der Waals surface area contributed by atoms with Crippen LogP contribution in [0.5, 0.6) is 0 Å². The molecular formula is C13H22N2O3. The minimum absolute atomic E-state index is 0.130. The fourth-order valence-corrected chi connectivity index (χ4v) is 2.54. The van der Waals surface area contributed by atoms with E-state index in [1.807, 2.05) is 9.80 Å². The SMILES string of the molecule is CCCCN1CC(C(=O)N2CCOCC2)CC1=O. The van der Waals surface area contributed by atoms with Crippen molar-refractivity contribution in [3.05, 3.63) is 0 Å². The van der Waals surface area contributed by atoms with Crippen molar-refractivity contribution in [3.63, 3.8) is 0 Å². The fraction of sp³-hybridized carbons (Fsp3) is 0.846. The lowest BCUT2D eigenvalue weighted by Crippen LogP contribution is -2.44. The number of ether oxygens (including phenoxy) is 1. The van der Waals surface area contributed by atoms with Crippen LogP contribution in [0.15, 0.2) is 0 Å². The summed E-state index contributed by atoms with van der Waals surface area (Å²) in [5.41, 5.74) is 0. The maximum atomic E-state index is 12.3. The van der Waals surface area contributed by atoms with Gasteiger partial charge in [0.1, 0.15) is 0 Å². The molecule has 2 aliphatic rings. The van der Waals surface area contributed by atoms with Crippen LogP contribution < -0.4 is 0 Å². The lowest BCUT2D eigenvalue weighted by atomic mass is 10.1. The number of nitrogens with zero attached hydrogens (tertiary/aromatic N) is 2. The Morgan fingerprint density at radius 3 is 2.78 bits per heavy atom. The molecule has 0 bridgehead atoms. The summed E-state index contributed by atoms with van der Waals surface area (Å²) in [5.74, 6) is 0.133. The minimum atomic E-state index is -0.132. The summed E-state index contributed by atoms with van der Waals surface area (Å²) in [5, 5.41) is 0. The number of unbranched alkanes of at least 4 members (excludes halogenated alkanes) is 1. The molecule has 0 saturated carbocycles. The number of carbonyl (C=O) groups is 2. The Morgan fingerprint density at radius 2 is 2.11 bits per heavy atom. The van der Waals surface area contributed by atoms with E-state index < -0.39 is 0 Å². The van der Waals surface area contributed by atoms with Gasteiger partial charge in [-0.1, -0.05) is 13.3 Å². The molecule has 0 aromatic carbocycles. The standard InChI is InChI=1S/C13H22N2O3/c1-2-3-4-15-10-11(9-12(15)16)13(17)14-5-7-18-8-6-14/h11H,2-10H2,1H3. The molecule has 2 amide bonds. The average Bonchev–Trinajstić information content (AvgIpc) is 2.78. The molecule has 2 rings (SSSR count). The predicted octanol–water partition coefficient (Wildman–Crippen LogP) is 0.494. The number of rotatable bonds is 4. The third-order valence-electron chi connectivity index (χ3n) is 3.67. The summed E-state index contributed by atoms with van der Waals surface area (Å²) in [6.45, 7) is 6.07. The molecule has 0 spiro atoms. The van der Waals surface area contributed by atoms with E-state index in [4.69, 9.17) is 4.74 Å². The number of morpholine rings is 1. The second kappa shape index (κ2) is 6.18. The second-order valence-electron chi connectivity index (χ2n) is 5.03. The van der Waals surface area contributed by atoms with E-state index in [2.05, 4.69) is 6.92 Å². The number of likely N-dealkylation sites (tertiary alicyclic amines) is 1. The highest BCUT2D eigenvalue weighted by Crippen LogP contribution is 2.21. The van der Waals surface area contributed by atoms with Gasteiger partial charge in [-0.25, -0.2) is 0 Å². The van der Waals surface area contributed by atoms with Gasteiger partial charge in [-0.05, 0) is 6.42 Å². The molecule has 2 fully saturated rings. The van der Waals surface area contributed by atoms with Crippen LogP contribution in [0.4, 0.5) is 0 Å². The van der Waals surface area contributed by atoms with Gasteiger partial charge < -0.3 is 14.5 Å². The maximum absolute atomic E-state index is 12.3. The van der Waals surface area contributed by atoms with Gasteiger partial charge in [-0.2, -0.15) is 0 Å². The molecule has 5 heteroatoms. The van der Waals surface area contributed by atoms with Gasteiger partial charge in [0.05, 0.1) is 19.1 Å². The molecule has 102 valence electrons. The summed E-state index contributed by atoms with van der Waals surface area (Å²) in [4.78, 5) is 27.7. The van der Waals surface area contributed by atoms with Crippen LogP contribution in [0.3, 0.4) is 0 Å². The van der Waals surface area contributed by atoms with Crippen molar-refractivity contribution in [1.82, 2.24) is 9.80 Å². The Bertz CT molecular complexity index is 313. The summed E-state index contributed by atoms with van der Waals surface area (Å²) < 4.78 is 5.24. The van der Waals surface area contributed by atoms with Gasteiger partial charge in [0.15, 0.2) is 0 Å². The third-order valence-corrected chi connectivity index (χ3v) is 3.67. The Kier molecular flexibility index (Phi) is 4.58. The van der Waals surface area contributed by atoms with Crippen LogP contribution in [0, 0.1) is 5.92 Å². The monoisotopic (exact) mass is 254 g/mol. The molecular weight excluding hydrogens is 232 g/mol. The first-order valence-corrected chi connectivity index (χ1v) is 6.86. The largest absolute Gasteiger partial charge is 0.378 e. The molecule has 1 atom stereocenters. The van der Waals surface area contributed by atoms with E-state index in [0.717, 1.165) is 19.4 Å². The highest BCUT2D eigenvalue weighted by Gasteiger charge is 2.36. The molecule has 0 aromatic heterocycles. The van der Waals surface area contributed by atoms with Crippen LogP contribution in [0.1, 0.15) is 26.2 Å². The van der Waals surface area contributed by atoms with Crippen molar-refractivity contribution in [2.75, 3.05) is 39.4 Å². The molecule has 2 aliphatic heterocycles. The molecule has 0 radical (unpaired) electrons. The summed E-state index contributed by atoms with van der Waals surface area (Å²) >= 11 is 0. The van der Waals surface area contributed by atoms with Gasteiger partial charge >= 0.3 is 0 Å². The van der Waals surface area contributed by atoms with Gasteiger partial charge in [-0.3, -0.25) is 9.59 Å². The Labute approximate surface area is 108 Å². The van der Waals surface area contributed by atoms with Crippen LogP contribution in [0.2, 0.25) is 0 Å². The first kappa shape index (κ1) is 13.3. The van der Waals surface area contributed by atoms with Crippen molar-refractivity contribution in [2.45, 2.75) is 26.2 Å². The van der Waals surface area contributed by atoms with Crippen LogP contribution >= 0.6 is 0 Å². The summed E-state index contributed by atoms with van der Waals surface area (Å²) in [6.07, 6.45) is 2.48. The molecule has 18 heavy (non-hydrogen) atoms. The normalized spacial score (nSPS) is 24.7. The zero-order chi connectivity index (χ0) is 13.0. The Balaban J connectivity index is 1.86. The Morgan fingerprint density at radius 1 is 1.39 bits per heavy atom. The van der Waals surface area contributed by atoms with E-state index in [1.54, 1.807) is 0 Å². The fourth-order valence-electron chi connectivity index (χ4n) is 2.54. The number of carbonyl (C=O) groups excluding carboxylic acids is 2. The third kappa shape index (κ3) is 3.02. The molecule has 0 N–H and O–H groups in total. The lowest BCUT2D eigenvalue weighted by Gasteiger charge is -2.29. The van der Waals surface area contributed by atoms with Crippen LogP contribution in [0.25, 0.3) is 0 Å². The quantitative estimate of drug-likeness (QED) is 0.734. The van der Waals surface area contributed by atoms with E-state index in [1.165, 1.54) is 0 Å². The molecule has 2 saturated heterocycles. The smallest absolute Gasteiger partial charge is 0.228 e. The maximum Gasteiger partial charge on any atom is 0.228 e. The second-order valence-corrected chi connectivity index (χ2v) is 5.03. The van der Waals surface area contributed by atoms with Crippen LogP contribution in [-0.2, 0) is 14.3 Å². The predicted molar refractivity (Wildman–Crippen MR) is 67.0 cm³/mol. The van der Waals surface area contributed by atoms with Gasteiger partial charge in [0.25, 0.3) is 0 Å². The van der Waals surface area contributed by atoms with Crippen molar-refractivity contribution in [2.24, 2.45) is 5.92 Å². The van der Waals surface area contributed by atoms with E-state index >= 15 is 0 Å². The van der Waals surface area contributed by atoms with Gasteiger partial charge in [0, 0.05) is 32.6 Å². The zero-order valence-electron chi connectivity index (χ0n) is 11.1. The first-order valence-electron chi connectivity index (χ1n) is 6.86. The molecule has 2 heterocycles. The minimum Gasteiger partial charge on any atom is -0.378 e. The van der Waals surface area contributed by atoms with Crippen molar-refractivity contribution in [3.8, 4) is 0 Å². The van der Waals surface area contributed by atoms with E-state index in [9.17, 15) is 9.59 Å². The molecule has 1 unspecified atom stereocenters. The van der Waals surface area contributed by atoms with E-state index in [-0.39, 0.29) is 17.7 Å². The highest BCUT2D eigenvalue weighted by atomic mass is 16.5. The number of hydrogen-bond donors (Lipinski definition) is 0. The highest BCUT2D eigenvalue weighted by molar-refractivity contribution is 5.89. The van der Waals surface area contributed by atoms with Crippen molar-refractivity contribution < 1.29 is 14.3 Å². The number of amides is 2. The first-order chi connectivity index (χ1) is 8.72. The summed E-state index contributed by atoms with van der Waals surface area (Å²) in [7, 11) is 0. The Hall–Kier alpha value is -1.10. The van der Waals surface area contributed by atoms with Crippen molar-refractivity contribution in [1.29, 1.82) is 0 Å². The topological polar surface area (TPSA) is 49.9 Å². The van der Waals surface area contributed by atoms with E-state index in [0.29, 0.717) is 39.3 Å². The molecule has 5 nitrogen and oxygen atoms in total. The number of hydrogen-bond acceptors (Lipinski definition) is 3.